The molecular weight excluding hydrogens is 403 g/mol. The van der Waals surface area contributed by atoms with Crippen LogP contribution in [-0.2, 0) is 9.53 Å². The molecule has 9 heteroatoms. The summed E-state index contributed by atoms with van der Waals surface area (Å²) in [5.41, 5.74) is 0.924. The molecule has 1 aromatic carbocycles. The number of fused-ring (bicyclic) bond motifs is 1. The molecule has 1 aliphatic heterocycles. The SMILES string of the molecule is CC(=O)N[C@H](c1nc2c(F)c(C3COCCN3C(=O)O)ccc2[nH]1)C1CCC(C)CC1. The molecule has 2 aromatic rings. The first kappa shape index (κ1) is 21.5. The number of hydrogen-bond acceptors (Lipinski definition) is 4. The molecule has 2 amide bonds. The first-order chi connectivity index (χ1) is 14.8. The number of morpholine rings is 1. The zero-order chi connectivity index (χ0) is 22.1. The Kier molecular flexibility index (Phi) is 6.13. The third kappa shape index (κ3) is 4.37. The van der Waals surface area contributed by atoms with Crippen molar-refractivity contribution in [1.29, 1.82) is 0 Å². The van der Waals surface area contributed by atoms with Crippen molar-refractivity contribution in [2.24, 2.45) is 11.8 Å². The van der Waals surface area contributed by atoms with Gasteiger partial charge in [0, 0.05) is 19.0 Å². The lowest BCUT2D eigenvalue weighted by Gasteiger charge is -2.33. The van der Waals surface area contributed by atoms with Gasteiger partial charge in [0.05, 0.1) is 30.8 Å². The average molecular weight is 432 g/mol. The van der Waals surface area contributed by atoms with Crippen molar-refractivity contribution in [3.05, 3.63) is 29.3 Å². The molecule has 31 heavy (non-hydrogen) atoms. The molecule has 1 saturated heterocycles. The van der Waals surface area contributed by atoms with Crippen LogP contribution in [0.3, 0.4) is 0 Å². The van der Waals surface area contributed by atoms with Gasteiger partial charge in [-0.1, -0.05) is 25.8 Å². The highest BCUT2D eigenvalue weighted by Crippen LogP contribution is 2.37. The van der Waals surface area contributed by atoms with Gasteiger partial charge in [0.1, 0.15) is 11.3 Å². The van der Waals surface area contributed by atoms with Crippen LogP contribution in [0, 0.1) is 17.7 Å². The van der Waals surface area contributed by atoms with E-state index in [1.807, 2.05) is 0 Å². The Hall–Kier alpha value is -2.68. The van der Waals surface area contributed by atoms with Crippen LogP contribution in [0.1, 0.15) is 63.0 Å². The second-order valence-corrected chi connectivity index (χ2v) is 8.75. The zero-order valence-corrected chi connectivity index (χ0v) is 17.9. The number of nitrogens with one attached hydrogen (secondary N) is 2. The summed E-state index contributed by atoms with van der Waals surface area (Å²) in [6.45, 7) is 4.28. The van der Waals surface area contributed by atoms with E-state index in [9.17, 15) is 14.7 Å². The number of carbonyl (C=O) groups excluding carboxylic acids is 1. The molecule has 3 N–H and O–H groups in total. The minimum absolute atomic E-state index is 0.0980. The summed E-state index contributed by atoms with van der Waals surface area (Å²) in [5, 5.41) is 12.5. The van der Waals surface area contributed by atoms with Gasteiger partial charge in [0.15, 0.2) is 5.82 Å². The third-order valence-corrected chi connectivity index (χ3v) is 6.56. The summed E-state index contributed by atoms with van der Waals surface area (Å²) >= 11 is 0. The highest BCUT2D eigenvalue weighted by molar-refractivity contribution is 5.78. The Morgan fingerprint density at radius 3 is 2.74 bits per heavy atom. The number of rotatable bonds is 4. The monoisotopic (exact) mass is 432 g/mol. The molecule has 2 atom stereocenters. The lowest BCUT2D eigenvalue weighted by Crippen LogP contribution is -2.43. The van der Waals surface area contributed by atoms with Crippen LogP contribution < -0.4 is 5.32 Å². The first-order valence-corrected chi connectivity index (χ1v) is 10.9. The molecule has 1 aliphatic carbocycles. The number of halogens is 1. The second-order valence-electron chi connectivity index (χ2n) is 8.75. The van der Waals surface area contributed by atoms with Crippen LogP contribution in [0.5, 0.6) is 0 Å². The van der Waals surface area contributed by atoms with Gasteiger partial charge in [0.2, 0.25) is 5.91 Å². The Balaban J connectivity index is 1.69. The van der Waals surface area contributed by atoms with Gasteiger partial charge in [-0.15, -0.1) is 0 Å². The van der Waals surface area contributed by atoms with Crippen molar-refractivity contribution in [1.82, 2.24) is 20.2 Å². The number of carbonyl (C=O) groups is 2. The van der Waals surface area contributed by atoms with Crippen LogP contribution in [0.4, 0.5) is 9.18 Å². The highest BCUT2D eigenvalue weighted by atomic mass is 19.1. The van der Waals surface area contributed by atoms with Crippen molar-refractivity contribution in [2.45, 2.75) is 51.6 Å². The number of H-pyrrole nitrogens is 1. The van der Waals surface area contributed by atoms with Gasteiger partial charge in [-0.3, -0.25) is 9.69 Å². The molecule has 168 valence electrons. The molecule has 4 rings (SSSR count). The van der Waals surface area contributed by atoms with Crippen molar-refractivity contribution in [3.8, 4) is 0 Å². The summed E-state index contributed by atoms with van der Waals surface area (Å²) in [7, 11) is 0. The van der Waals surface area contributed by atoms with E-state index >= 15 is 4.39 Å². The summed E-state index contributed by atoms with van der Waals surface area (Å²) < 4.78 is 20.9. The number of nitrogens with zero attached hydrogens (tertiary/aromatic N) is 2. The van der Waals surface area contributed by atoms with E-state index in [4.69, 9.17) is 4.74 Å². The van der Waals surface area contributed by atoms with Gasteiger partial charge in [0.25, 0.3) is 0 Å². The smallest absolute Gasteiger partial charge is 0.407 e. The summed E-state index contributed by atoms with van der Waals surface area (Å²) in [5.74, 6) is 0.732. The largest absolute Gasteiger partial charge is 0.465 e. The fourth-order valence-corrected chi connectivity index (χ4v) is 4.82. The Morgan fingerprint density at radius 1 is 1.32 bits per heavy atom. The fraction of sp³-hybridized carbons (Fsp3) is 0.591. The van der Waals surface area contributed by atoms with Crippen LogP contribution in [0.25, 0.3) is 11.0 Å². The van der Waals surface area contributed by atoms with Gasteiger partial charge in [-0.2, -0.15) is 0 Å². The second kappa shape index (κ2) is 8.82. The number of amides is 2. The minimum atomic E-state index is -1.10. The summed E-state index contributed by atoms with van der Waals surface area (Å²) in [6.07, 6.45) is 3.03. The van der Waals surface area contributed by atoms with E-state index in [0.29, 0.717) is 17.3 Å². The third-order valence-electron chi connectivity index (χ3n) is 6.56. The molecule has 0 radical (unpaired) electrons. The van der Waals surface area contributed by atoms with E-state index < -0.39 is 18.0 Å². The Labute approximate surface area is 180 Å². The van der Waals surface area contributed by atoms with Crippen molar-refractivity contribution >= 4 is 23.0 Å². The van der Waals surface area contributed by atoms with E-state index in [1.54, 1.807) is 12.1 Å². The van der Waals surface area contributed by atoms with Crippen LogP contribution >= 0.6 is 0 Å². The number of carboxylic acid groups (broad SMARTS) is 1. The van der Waals surface area contributed by atoms with E-state index in [0.717, 1.165) is 25.7 Å². The molecular formula is C22H29FN4O4. The first-order valence-electron chi connectivity index (χ1n) is 10.9. The molecule has 2 aliphatic rings. The van der Waals surface area contributed by atoms with E-state index in [2.05, 4.69) is 22.2 Å². The normalized spacial score (nSPS) is 25.4. The molecule has 1 unspecified atom stereocenters. The van der Waals surface area contributed by atoms with Crippen molar-refractivity contribution < 1.29 is 23.8 Å². The maximum Gasteiger partial charge on any atom is 0.407 e. The average Bonchev–Trinajstić information content (AvgIpc) is 3.18. The number of hydrogen-bond donors (Lipinski definition) is 3. The molecule has 1 saturated carbocycles. The van der Waals surface area contributed by atoms with Crippen molar-refractivity contribution in [3.63, 3.8) is 0 Å². The zero-order valence-electron chi connectivity index (χ0n) is 17.9. The van der Waals surface area contributed by atoms with Crippen LogP contribution in [0.2, 0.25) is 0 Å². The lowest BCUT2D eigenvalue weighted by molar-refractivity contribution is -0.120. The number of aromatic nitrogens is 2. The van der Waals surface area contributed by atoms with Gasteiger partial charge >= 0.3 is 6.09 Å². The topological polar surface area (TPSA) is 108 Å². The minimum Gasteiger partial charge on any atom is -0.465 e. The number of imidazole rings is 1. The van der Waals surface area contributed by atoms with Gasteiger partial charge < -0.3 is 20.1 Å². The highest BCUT2D eigenvalue weighted by Gasteiger charge is 2.33. The molecule has 1 aromatic heterocycles. The van der Waals surface area contributed by atoms with Crippen LogP contribution in [-0.4, -0.2) is 51.7 Å². The lowest BCUT2D eigenvalue weighted by atomic mass is 9.79. The summed E-state index contributed by atoms with van der Waals surface area (Å²) in [4.78, 5) is 32.4. The molecule has 8 nitrogen and oxygen atoms in total. The standard InChI is InChI=1S/C22H29FN4O4/c1-12-3-5-14(6-4-12)19(24-13(2)28)21-25-16-8-7-15(18(23)20(16)26-21)17-11-31-10-9-27(17)22(29)30/h7-8,12,14,17,19H,3-6,9-11H2,1-2H3,(H,24,28)(H,25,26)(H,29,30)/t12?,14?,17?,19-/m0/s1. The predicted octanol–water partition coefficient (Wildman–Crippen LogP) is 3.76. The number of benzene rings is 1. The Morgan fingerprint density at radius 2 is 2.06 bits per heavy atom. The predicted molar refractivity (Wildman–Crippen MR) is 112 cm³/mol. The molecule has 2 fully saturated rings. The van der Waals surface area contributed by atoms with Crippen LogP contribution in [0.15, 0.2) is 12.1 Å². The van der Waals surface area contributed by atoms with Gasteiger partial charge in [-0.25, -0.2) is 14.2 Å². The quantitative estimate of drug-likeness (QED) is 0.682. The maximum atomic E-state index is 15.5. The molecule has 0 spiro atoms. The number of aromatic amines is 1. The fourth-order valence-electron chi connectivity index (χ4n) is 4.82. The number of ether oxygens (including phenoxy) is 1. The molecule has 0 bridgehead atoms. The van der Waals surface area contributed by atoms with E-state index in [-0.39, 0.29) is 48.7 Å². The van der Waals surface area contributed by atoms with Crippen molar-refractivity contribution in [2.75, 3.05) is 19.8 Å². The summed E-state index contributed by atoms with van der Waals surface area (Å²) in [6, 6.07) is 2.27. The Bertz CT molecular complexity index is 970. The van der Waals surface area contributed by atoms with Gasteiger partial charge in [-0.05, 0) is 30.7 Å². The molecule has 2 heterocycles. The maximum absolute atomic E-state index is 15.5. The van der Waals surface area contributed by atoms with E-state index in [1.165, 1.54) is 11.8 Å².